The molecule has 1 aliphatic rings. The standard InChI is InChI=1S/C16H19N3O/c1-16(2)7-13(17)12-9-18-15(19-14(12)8-16)10-4-3-5-11(20)6-10/h3-6,9,13,20H,7-8,17H2,1-2H3. The molecule has 1 aromatic carbocycles. The molecule has 1 heterocycles. The van der Waals surface area contributed by atoms with Crippen molar-refractivity contribution in [2.75, 3.05) is 0 Å². The van der Waals surface area contributed by atoms with Crippen molar-refractivity contribution in [3.05, 3.63) is 41.7 Å². The molecule has 1 aromatic heterocycles. The molecule has 4 nitrogen and oxygen atoms in total. The van der Waals surface area contributed by atoms with E-state index in [1.807, 2.05) is 12.3 Å². The van der Waals surface area contributed by atoms with Gasteiger partial charge >= 0.3 is 0 Å². The van der Waals surface area contributed by atoms with E-state index < -0.39 is 0 Å². The second-order valence-electron chi connectivity index (χ2n) is 6.30. The van der Waals surface area contributed by atoms with Crippen molar-refractivity contribution in [1.82, 2.24) is 9.97 Å². The number of nitrogens with two attached hydrogens (primary N) is 1. The third kappa shape index (κ3) is 2.39. The smallest absolute Gasteiger partial charge is 0.159 e. The molecule has 4 heteroatoms. The highest BCUT2D eigenvalue weighted by atomic mass is 16.3. The van der Waals surface area contributed by atoms with Crippen molar-refractivity contribution in [3.63, 3.8) is 0 Å². The molecule has 0 bridgehead atoms. The SMILES string of the molecule is CC1(C)Cc2nc(-c3cccc(O)c3)ncc2C(N)C1. The van der Waals surface area contributed by atoms with E-state index in [1.165, 1.54) is 0 Å². The predicted octanol–water partition coefficient (Wildman–Crippen LogP) is 2.82. The van der Waals surface area contributed by atoms with Crippen LogP contribution in [-0.2, 0) is 6.42 Å². The van der Waals surface area contributed by atoms with Crippen molar-refractivity contribution in [2.45, 2.75) is 32.7 Å². The largest absolute Gasteiger partial charge is 0.508 e. The van der Waals surface area contributed by atoms with E-state index in [1.54, 1.807) is 18.2 Å². The van der Waals surface area contributed by atoms with Crippen LogP contribution in [0.25, 0.3) is 11.4 Å². The topological polar surface area (TPSA) is 72.0 Å². The Morgan fingerprint density at radius 3 is 2.90 bits per heavy atom. The zero-order valence-electron chi connectivity index (χ0n) is 11.8. The number of hydrogen-bond donors (Lipinski definition) is 2. The number of aromatic nitrogens is 2. The molecular weight excluding hydrogens is 250 g/mol. The van der Waals surface area contributed by atoms with Crippen LogP contribution in [0.3, 0.4) is 0 Å². The van der Waals surface area contributed by atoms with Crippen LogP contribution in [0, 0.1) is 5.41 Å². The molecule has 0 aliphatic heterocycles. The first-order valence-electron chi connectivity index (χ1n) is 6.85. The zero-order chi connectivity index (χ0) is 14.3. The number of nitrogens with zero attached hydrogens (tertiary/aromatic N) is 2. The maximum atomic E-state index is 9.56. The van der Waals surface area contributed by atoms with Gasteiger partial charge in [-0.3, -0.25) is 0 Å². The molecule has 0 amide bonds. The summed E-state index contributed by atoms with van der Waals surface area (Å²) in [5.41, 5.74) is 9.28. The van der Waals surface area contributed by atoms with E-state index in [0.717, 1.165) is 29.7 Å². The fourth-order valence-electron chi connectivity index (χ4n) is 2.89. The molecule has 3 N–H and O–H groups in total. The Morgan fingerprint density at radius 1 is 1.35 bits per heavy atom. The summed E-state index contributed by atoms with van der Waals surface area (Å²) in [4.78, 5) is 9.07. The molecule has 0 saturated carbocycles. The van der Waals surface area contributed by atoms with Crippen molar-refractivity contribution >= 4 is 0 Å². The van der Waals surface area contributed by atoms with Gasteiger partial charge in [-0.25, -0.2) is 9.97 Å². The van der Waals surface area contributed by atoms with Gasteiger partial charge in [0.15, 0.2) is 5.82 Å². The molecule has 0 radical (unpaired) electrons. The highest BCUT2D eigenvalue weighted by Crippen LogP contribution is 2.38. The van der Waals surface area contributed by atoms with Gasteiger partial charge in [-0.1, -0.05) is 26.0 Å². The molecule has 20 heavy (non-hydrogen) atoms. The predicted molar refractivity (Wildman–Crippen MR) is 78.2 cm³/mol. The Labute approximate surface area is 118 Å². The summed E-state index contributed by atoms with van der Waals surface area (Å²) in [6.45, 7) is 4.43. The minimum Gasteiger partial charge on any atom is -0.508 e. The number of benzene rings is 1. The highest BCUT2D eigenvalue weighted by molar-refractivity contribution is 5.57. The maximum Gasteiger partial charge on any atom is 0.159 e. The number of phenols is 1. The molecular formula is C16H19N3O. The van der Waals surface area contributed by atoms with Crippen LogP contribution >= 0.6 is 0 Å². The van der Waals surface area contributed by atoms with E-state index in [2.05, 4.69) is 23.8 Å². The molecule has 1 atom stereocenters. The number of rotatable bonds is 1. The Hall–Kier alpha value is -1.94. The third-order valence-electron chi connectivity index (χ3n) is 3.82. The van der Waals surface area contributed by atoms with Crippen LogP contribution in [0.15, 0.2) is 30.5 Å². The van der Waals surface area contributed by atoms with Crippen LogP contribution in [0.4, 0.5) is 0 Å². The van der Waals surface area contributed by atoms with Crippen LogP contribution in [0.1, 0.15) is 37.6 Å². The lowest BCUT2D eigenvalue weighted by molar-refractivity contribution is 0.278. The normalized spacial score (nSPS) is 20.4. The van der Waals surface area contributed by atoms with E-state index in [-0.39, 0.29) is 17.2 Å². The second-order valence-corrected chi connectivity index (χ2v) is 6.30. The van der Waals surface area contributed by atoms with Crippen molar-refractivity contribution in [2.24, 2.45) is 11.1 Å². The van der Waals surface area contributed by atoms with Gasteiger partial charge < -0.3 is 10.8 Å². The minimum atomic E-state index is 0.00646. The van der Waals surface area contributed by atoms with Gasteiger partial charge in [0.1, 0.15) is 5.75 Å². The van der Waals surface area contributed by atoms with Gasteiger partial charge in [0.25, 0.3) is 0 Å². The molecule has 1 unspecified atom stereocenters. The Kier molecular flexibility index (Phi) is 2.98. The first kappa shape index (κ1) is 13.1. The molecule has 3 rings (SSSR count). The third-order valence-corrected chi connectivity index (χ3v) is 3.82. The summed E-state index contributed by atoms with van der Waals surface area (Å²) in [6, 6.07) is 7.02. The first-order chi connectivity index (χ1) is 9.44. The van der Waals surface area contributed by atoms with Crippen LogP contribution in [-0.4, -0.2) is 15.1 Å². The number of fused-ring (bicyclic) bond motifs is 1. The van der Waals surface area contributed by atoms with Crippen LogP contribution in [0.5, 0.6) is 5.75 Å². The lowest BCUT2D eigenvalue weighted by Gasteiger charge is -2.34. The van der Waals surface area contributed by atoms with Crippen LogP contribution in [0.2, 0.25) is 0 Å². The summed E-state index contributed by atoms with van der Waals surface area (Å²) < 4.78 is 0. The fraction of sp³-hybridized carbons (Fsp3) is 0.375. The quantitative estimate of drug-likeness (QED) is 0.835. The van der Waals surface area contributed by atoms with E-state index in [4.69, 9.17) is 5.73 Å². The first-order valence-corrected chi connectivity index (χ1v) is 6.85. The lowest BCUT2D eigenvalue weighted by atomic mass is 9.74. The number of aromatic hydroxyl groups is 1. The summed E-state index contributed by atoms with van der Waals surface area (Å²) in [6.07, 6.45) is 3.70. The number of hydrogen-bond acceptors (Lipinski definition) is 4. The summed E-state index contributed by atoms with van der Waals surface area (Å²) >= 11 is 0. The zero-order valence-corrected chi connectivity index (χ0v) is 11.8. The van der Waals surface area contributed by atoms with Gasteiger partial charge in [0, 0.05) is 29.1 Å². The van der Waals surface area contributed by atoms with Gasteiger partial charge in [0.2, 0.25) is 0 Å². The van der Waals surface area contributed by atoms with Gasteiger partial charge in [-0.15, -0.1) is 0 Å². The van der Waals surface area contributed by atoms with Gasteiger partial charge in [-0.2, -0.15) is 0 Å². The Bertz CT molecular complexity index is 652. The van der Waals surface area contributed by atoms with Gasteiger partial charge in [-0.05, 0) is 30.4 Å². The molecule has 0 fully saturated rings. The second kappa shape index (κ2) is 4.56. The van der Waals surface area contributed by atoms with Crippen molar-refractivity contribution in [1.29, 1.82) is 0 Å². The minimum absolute atomic E-state index is 0.00646. The van der Waals surface area contributed by atoms with Crippen molar-refractivity contribution < 1.29 is 5.11 Å². The monoisotopic (exact) mass is 269 g/mol. The lowest BCUT2D eigenvalue weighted by Crippen LogP contribution is -2.30. The van der Waals surface area contributed by atoms with E-state index in [0.29, 0.717) is 5.82 Å². The molecule has 0 saturated heterocycles. The Balaban J connectivity index is 2.05. The summed E-state index contributed by atoms with van der Waals surface area (Å²) in [7, 11) is 0. The molecule has 0 spiro atoms. The fourth-order valence-corrected chi connectivity index (χ4v) is 2.89. The highest BCUT2D eigenvalue weighted by Gasteiger charge is 2.31. The summed E-state index contributed by atoms with van der Waals surface area (Å²) in [5.74, 6) is 0.866. The maximum absolute atomic E-state index is 9.56. The molecule has 2 aromatic rings. The molecule has 1 aliphatic carbocycles. The van der Waals surface area contributed by atoms with Crippen molar-refractivity contribution in [3.8, 4) is 17.1 Å². The summed E-state index contributed by atoms with van der Waals surface area (Å²) in [5, 5.41) is 9.56. The van der Waals surface area contributed by atoms with Gasteiger partial charge in [0.05, 0.1) is 0 Å². The Morgan fingerprint density at radius 2 is 2.15 bits per heavy atom. The van der Waals surface area contributed by atoms with E-state index in [9.17, 15) is 5.11 Å². The van der Waals surface area contributed by atoms with E-state index >= 15 is 0 Å². The molecule has 104 valence electrons. The number of phenolic OH excluding ortho intramolecular Hbond substituents is 1. The average Bonchev–Trinajstić information content (AvgIpc) is 2.36. The average molecular weight is 269 g/mol. The van der Waals surface area contributed by atoms with Crippen LogP contribution < -0.4 is 5.73 Å².